The lowest BCUT2D eigenvalue weighted by molar-refractivity contribution is 0.264. The van der Waals surface area contributed by atoms with Crippen LogP contribution in [0.15, 0.2) is 33.6 Å². The molecular weight excluding hydrogens is 262 g/mol. The molecule has 2 aliphatic heterocycles. The van der Waals surface area contributed by atoms with Crippen LogP contribution in [0.2, 0.25) is 0 Å². The first-order chi connectivity index (χ1) is 9.12. The molecule has 1 aromatic rings. The summed E-state index contributed by atoms with van der Waals surface area (Å²) >= 11 is 0. The Balaban J connectivity index is 1.98. The fraction of sp³-hybridized carbons (Fsp3) is 0.462. The van der Waals surface area contributed by atoms with Gasteiger partial charge in [-0.2, -0.15) is 8.42 Å². The van der Waals surface area contributed by atoms with Crippen LogP contribution >= 0.6 is 0 Å². The third-order valence-electron chi connectivity index (χ3n) is 3.76. The number of nitrogens with zero attached hydrogens (tertiary/aromatic N) is 2. The zero-order valence-corrected chi connectivity index (χ0v) is 11.4. The fourth-order valence-electron chi connectivity index (χ4n) is 2.77. The highest BCUT2D eigenvalue weighted by Gasteiger charge is 2.33. The molecule has 19 heavy (non-hydrogen) atoms. The van der Waals surface area contributed by atoms with Crippen molar-refractivity contribution in [1.82, 2.24) is 4.90 Å². The molecule has 0 bridgehead atoms. The summed E-state index contributed by atoms with van der Waals surface area (Å²) < 4.78 is 28.0. The van der Waals surface area contributed by atoms with Crippen LogP contribution in [0, 0.1) is 5.92 Å². The van der Waals surface area contributed by atoms with Gasteiger partial charge in [-0.15, -0.1) is 4.40 Å². The van der Waals surface area contributed by atoms with Gasteiger partial charge in [-0.25, -0.2) is 0 Å². The quantitative estimate of drug-likeness (QED) is 0.825. The van der Waals surface area contributed by atoms with E-state index in [2.05, 4.69) is 9.30 Å². The number of sulfonamides is 1. The number of nitrogens with two attached hydrogens (primary N) is 1. The molecule has 2 heterocycles. The summed E-state index contributed by atoms with van der Waals surface area (Å²) in [6.07, 6.45) is 2.14. The van der Waals surface area contributed by atoms with E-state index in [0.29, 0.717) is 23.2 Å². The molecule has 3 rings (SSSR count). The minimum absolute atomic E-state index is 0.319. The van der Waals surface area contributed by atoms with Gasteiger partial charge in [0.15, 0.2) is 5.84 Å². The molecule has 102 valence electrons. The van der Waals surface area contributed by atoms with E-state index in [1.165, 1.54) is 0 Å². The second-order valence-corrected chi connectivity index (χ2v) is 6.65. The van der Waals surface area contributed by atoms with Crippen molar-refractivity contribution in [1.29, 1.82) is 0 Å². The van der Waals surface area contributed by atoms with Crippen LogP contribution in [-0.2, 0) is 10.0 Å². The van der Waals surface area contributed by atoms with Crippen molar-refractivity contribution in [3.05, 3.63) is 29.8 Å². The molecule has 0 aromatic heterocycles. The predicted molar refractivity (Wildman–Crippen MR) is 73.5 cm³/mol. The Labute approximate surface area is 113 Å². The number of fused-ring (bicyclic) bond motifs is 1. The molecule has 0 amide bonds. The molecule has 0 radical (unpaired) electrons. The monoisotopic (exact) mass is 279 g/mol. The van der Waals surface area contributed by atoms with Crippen molar-refractivity contribution in [2.45, 2.75) is 17.7 Å². The van der Waals surface area contributed by atoms with Gasteiger partial charge in [-0.3, -0.25) is 0 Å². The van der Waals surface area contributed by atoms with E-state index in [1.807, 2.05) is 12.1 Å². The Hall–Kier alpha value is -1.40. The Kier molecular flexibility index (Phi) is 3.06. The van der Waals surface area contributed by atoms with Crippen LogP contribution in [0.3, 0.4) is 0 Å². The van der Waals surface area contributed by atoms with E-state index in [-0.39, 0.29) is 0 Å². The summed E-state index contributed by atoms with van der Waals surface area (Å²) in [4.78, 5) is 2.38. The van der Waals surface area contributed by atoms with Gasteiger partial charge >= 0.3 is 0 Å². The average molecular weight is 279 g/mol. The van der Waals surface area contributed by atoms with Gasteiger partial charge in [-0.1, -0.05) is 12.1 Å². The van der Waals surface area contributed by atoms with E-state index in [4.69, 9.17) is 5.73 Å². The van der Waals surface area contributed by atoms with Gasteiger partial charge in [0.1, 0.15) is 4.90 Å². The predicted octanol–water partition coefficient (Wildman–Crippen LogP) is 0.806. The molecule has 1 atom stereocenters. The molecule has 0 spiro atoms. The van der Waals surface area contributed by atoms with Gasteiger partial charge in [-0.05, 0) is 37.4 Å². The van der Waals surface area contributed by atoms with Crippen LogP contribution in [0.5, 0.6) is 0 Å². The molecular formula is C13H17N3O2S. The van der Waals surface area contributed by atoms with Crippen molar-refractivity contribution >= 4 is 15.9 Å². The van der Waals surface area contributed by atoms with Gasteiger partial charge < -0.3 is 10.6 Å². The topological polar surface area (TPSA) is 75.8 Å². The number of likely N-dealkylation sites (tertiary alicyclic amines) is 1. The molecule has 1 fully saturated rings. The van der Waals surface area contributed by atoms with Crippen LogP contribution in [0.25, 0.3) is 0 Å². The zero-order valence-electron chi connectivity index (χ0n) is 10.6. The van der Waals surface area contributed by atoms with Crippen LogP contribution in [0.1, 0.15) is 18.4 Å². The number of amidine groups is 1. The Morgan fingerprint density at radius 2 is 2.16 bits per heavy atom. The van der Waals surface area contributed by atoms with E-state index >= 15 is 0 Å². The largest absolute Gasteiger partial charge is 0.355 e. The molecule has 2 N–H and O–H groups in total. The molecule has 1 saturated heterocycles. The number of hydrogen-bond acceptors (Lipinski definition) is 4. The van der Waals surface area contributed by atoms with Crippen molar-refractivity contribution in [2.75, 3.05) is 19.6 Å². The third-order valence-corrected chi connectivity index (χ3v) is 5.09. The normalized spacial score (nSPS) is 25.0. The number of piperidine rings is 1. The number of benzene rings is 1. The van der Waals surface area contributed by atoms with Gasteiger partial charge in [0.2, 0.25) is 0 Å². The molecule has 5 nitrogen and oxygen atoms in total. The van der Waals surface area contributed by atoms with Crippen molar-refractivity contribution in [3.8, 4) is 0 Å². The second kappa shape index (κ2) is 4.61. The highest BCUT2D eigenvalue weighted by Crippen LogP contribution is 2.29. The lowest BCUT2D eigenvalue weighted by Gasteiger charge is -2.33. The van der Waals surface area contributed by atoms with Gasteiger partial charge in [0.05, 0.1) is 0 Å². The van der Waals surface area contributed by atoms with Crippen LogP contribution in [0.4, 0.5) is 0 Å². The summed E-state index contributed by atoms with van der Waals surface area (Å²) in [5.74, 6) is 1.01. The lowest BCUT2D eigenvalue weighted by atomic mass is 9.97. The van der Waals surface area contributed by atoms with E-state index in [1.54, 1.807) is 12.1 Å². The van der Waals surface area contributed by atoms with Crippen molar-refractivity contribution < 1.29 is 8.42 Å². The molecule has 6 heteroatoms. The van der Waals surface area contributed by atoms with E-state index in [9.17, 15) is 8.42 Å². The van der Waals surface area contributed by atoms with Gasteiger partial charge in [0, 0.05) is 18.7 Å². The number of hydrogen-bond donors (Lipinski definition) is 1. The average Bonchev–Trinajstić information content (AvgIpc) is 2.72. The standard InChI is InChI=1S/C13H17N3O2S/c14-8-10-4-3-7-16(9-10)13-11-5-1-2-6-12(11)19(17,18)15-13/h1-2,5-6,10H,3-4,7-9,14H2/t10-/m1/s1. The molecule has 0 aliphatic carbocycles. The Morgan fingerprint density at radius 1 is 1.37 bits per heavy atom. The minimum Gasteiger partial charge on any atom is -0.355 e. The van der Waals surface area contributed by atoms with Crippen molar-refractivity contribution in [2.24, 2.45) is 16.0 Å². The third kappa shape index (κ3) is 2.15. The maximum absolute atomic E-state index is 12.0. The maximum atomic E-state index is 12.0. The summed E-state index contributed by atoms with van der Waals surface area (Å²) in [6.45, 7) is 2.27. The zero-order chi connectivity index (χ0) is 13.5. The first-order valence-electron chi connectivity index (χ1n) is 6.51. The SMILES string of the molecule is NC[C@H]1CCCN(C2=NS(=O)(=O)c3ccccc32)C1. The molecule has 1 aromatic carbocycles. The minimum atomic E-state index is -3.51. The highest BCUT2D eigenvalue weighted by molar-refractivity contribution is 7.90. The lowest BCUT2D eigenvalue weighted by Crippen LogP contribution is -2.42. The summed E-state index contributed by atoms with van der Waals surface area (Å²) in [7, 11) is -3.51. The van der Waals surface area contributed by atoms with Crippen molar-refractivity contribution in [3.63, 3.8) is 0 Å². The summed E-state index contributed by atoms with van der Waals surface area (Å²) in [6, 6.07) is 7.02. The highest BCUT2D eigenvalue weighted by atomic mass is 32.2. The fourth-order valence-corrected chi connectivity index (χ4v) is 3.99. The summed E-state index contributed by atoms with van der Waals surface area (Å²) in [5, 5.41) is 0. The first-order valence-corrected chi connectivity index (χ1v) is 7.95. The van der Waals surface area contributed by atoms with E-state index in [0.717, 1.165) is 31.5 Å². The molecule has 0 unspecified atom stereocenters. The van der Waals surface area contributed by atoms with Crippen LogP contribution in [-0.4, -0.2) is 38.8 Å². The van der Waals surface area contributed by atoms with Crippen LogP contribution < -0.4 is 5.73 Å². The second-order valence-electron chi connectivity index (χ2n) is 5.08. The van der Waals surface area contributed by atoms with Gasteiger partial charge in [0.25, 0.3) is 10.0 Å². The smallest absolute Gasteiger partial charge is 0.285 e. The Morgan fingerprint density at radius 3 is 2.95 bits per heavy atom. The number of rotatable bonds is 1. The van der Waals surface area contributed by atoms with E-state index < -0.39 is 10.0 Å². The molecule has 2 aliphatic rings. The molecule has 0 saturated carbocycles. The Bertz CT molecular complexity index is 625. The summed E-state index contributed by atoms with van der Waals surface area (Å²) in [5.41, 5.74) is 6.45. The maximum Gasteiger partial charge on any atom is 0.285 e. The first kappa shape index (κ1) is 12.6.